The Morgan fingerprint density at radius 3 is 2.81 bits per heavy atom. The summed E-state index contributed by atoms with van der Waals surface area (Å²) >= 11 is 0. The second-order valence-electron chi connectivity index (χ2n) is 6.90. The summed E-state index contributed by atoms with van der Waals surface area (Å²) in [5, 5.41) is 7.23. The summed E-state index contributed by atoms with van der Waals surface area (Å²) in [6.45, 7) is 2.15. The molecule has 7 nitrogen and oxygen atoms in total. The van der Waals surface area contributed by atoms with Crippen molar-refractivity contribution in [2.24, 2.45) is 5.73 Å². The van der Waals surface area contributed by atoms with Crippen LogP contribution < -0.4 is 11.1 Å². The van der Waals surface area contributed by atoms with E-state index in [0.29, 0.717) is 38.2 Å². The Kier molecular flexibility index (Phi) is 6.59. The minimum Gasteiger partial charge on any atom is -0.354 e. The van der Waals surface area contributed by atoms with E-state index in [-0.39, 0.29) is 17.9 Å². The van der Waals surface area contributed by atoms with E-state index in [1.807, 2.05) is 35.2 Å². The van der Waals surface area contributed by atoms with Crippen molar-refractivity contribution in [1.82, 2.24) is 20.0 Å². The van der Waals surface area contributed by atoms with Gasteiger partial charge >= 0.3 is 0 Å². The molecular weight excluding hydrogens is 342 g/mol. The maximum Gasteiger partial charge on any atom is 0.257 e. The molecule has 0 spiro atoms. The van der Waals surface area contributed by atoms with Crippen molar-refractivity contribution in [1.29, 1.82) is 0 Å². The van der Waals surface area contributed by atoms with Crippen molar-refractivity contribution in [3.05, 3.63) is 53.9 Å². The third-order valence-electron chi connectivity index (χ3n) is 4.86. The molecule has 2 amide bonds. The fraction of sp³-hybridized carbons (Fsp3) is 0.450. The van der Waals surface area contributed by atoms with E-state index < -0.39 is 0 Å². The lowest BCUT2D eigenvalue weighted by molar-refractivity contribution is -0.121. The van der Waals surface area contributed by atoms with E-state index in [9.17, 15) is 9.59 Å². The third kappa shape index (κ3) is 5.17. The number of benzene rings is 1. The van der Waals surface area contributed by atoms with Crippen LogP contribution in [-0.2, 0) is 11.3 Å². The molecule has 1 saturated heterocycles. The Bertz CT molecular complexity index is 759. The maximum absolute atomic E-state index is 13.0. The lowest BCUT2D eigenvalue weighted by Gasteiger charge is -2.35. The Balaban J connectivity index is 1.63. The lowest BCUT2D eigenvalue weighted by atomic mass is 10.0. The highest BCUT2D eigenvalue weighted by Crippen LogP contribution is 2.19. The Hall–Kier alpha value is -2.67. The van der Waals surface area contributed by atoms with E-state index in [0.717, 1.165) is 24.8 Å². The SMILES string of the molecule is NCCC(=O)NCC1CCCCN1C(=O)c1cnn(Cc2ccccc2)c1. The Morgan fingerprint density at radius 2 is 2.04 bits per heavy atom. The van der Waals surface area contributed by atoms with Crippen LogP contribution in [0.4, 0.5) is 0 Å². The normalized spacial score (nSPS) is 16.9. The van der Waals surface area contributed by atoms with Crippen LogP contribution in [0.3, 0.4) is 0 Å². The summed E-state index contributed by atoms with van der Waals surface area (Å²) < 4.78 is 1.78. The molecule has 1 aromatic carbocycles. The smallest absolute Gasteiger partial charge is 0.257 e. The topological polar surface area (TPSA) is 93.2 Å². The summed E-state index contributed by atoms with van der Waals surface area (Å²) in [7, 11) is 0. The summed E-state index contributed by atoms with van der Waals surface area (Å²) in [4.78, 5) is 26.6. The minimum absolute atomic E-state index is 0.0189. The maximum atomic E-state index is 13.0. The van der Waals surface area contributed by atoms with Crippen LogP contribution in [0.1, 0.15) is 41.6 Å². The van der Waals surface area contributed by atoms with Crippen LogP contribution in [-0.4, -0.2) is 52.2 Å². The predicted octanol–water partition coefficient (Wildman–Crippen LogP) is 1.39. The number of hydrogen-bond donors (Lipinski definition) is 2. The van der Waals surface area contributed by atoms with Gasteiger partial charge in [0.15, 0.2) is 0 Å². The first kappa shape index (κ1) is 19.1. The van der Waals surface area contributed by atoms with Crippen molar-refractivity contribution in [2.45, 2.75) is 38.3 Å². The zero-order valence-corrected chi connectivity index (χ0v) is 15.5. The monoisotopic (exact) mass is 369 g/mol. The molecule has 3 N–H and O–H groups in total. The molecule has 1 aromatic heterocycles. The van der Waals surface area contributed by atoms with E-state index in [2.05, 4.69) is 10.4 Å². The molecule has 0 saturated carbocycles. The minimum atomic E-state index is -0.0637. The van der Waals surface area contributed by atoms with Crippen LogP contribution in [0, 0.1) is 0 Å². The number of nitrogens with two attached hydrogens (primary N) is 1. The van der Waals surface area contributed by atoms with E-state index >= 15 is 0 Å². The highest BCUT2D eigenvalue weighted by atomic mass is 16.2. The van der Waals surface area contributed by atoms with Gasteiger partial charge in [-0.3, -0.25) is 14.3 Å². The van der Waals surface area contributed by atoms with Gasteiger partial charge in [0.05, 0.1) is 18.3 Å². The molecule has 7 heteroatoms. The van der Waals surface area contributed by atoms with E-state index in [4.69, 9.17) is 5.73 Å². The van der Waals surface area contributed by atoms with Gasteiger partial charge in [-0.15, -0.1) is 0 Å². The van der Waals surface area contributed by atoms with Gasteiger partial charge in [-0.1, -0.05) is 30.3 Å². The largest absolute Gasteiger partial charge is 0.354 e. The number of carbonyl (C=O) groups excluding carboxylic acids is 2. The molecule has 3 rings (SSSR count). The molecule has 1 fully saturated rings. The number of aromatic nitrogens is 2. The van der Waals surface area contributed by atoms with Crippen LogP contribution in [0.25, 0.3) is 0 Å². The average Bonchev–Trinajstić information content (AvgIpc) is 3.15. The zero-order chi connectivity index (χ0) is 19.1. The molecular formula is C20H27N5O2. The van der Waals surface area contributed by atoms with Gasteiger partial charge in [0.1, 0.15) is 0 Å². The second-order valence-corrected chi connectivity index (χ2v) is 6.90. The molecule has 1 aliphatic rings. The molecule has 0 radical (unpaired) electrons. The first-order chi connectivity index (χ1) is 13.2. The molecule has 2 heterocycles. The van der Waals surface area contributed by atoms with Gasteiger partial charge in [-0.05, 0) is 24.8 Å². The van der Waals surface area contributed by atoms with Crippen LogP contribution in [0.15, 0.2) is 42.7 Å². The number of nitrogens with zero attached hydrogens (tertiary/aromatic N) is 3. The number of likely N-dealkylation sites (tertiary alicyclic amines) is 1. The van der Waals surface area contributed by atoms with Crippen molar-refractivity contribution in [3.8, 4) is 0 Å². The first-order valence-corrected chi connectivity index (χ1v) is 9.51. The standard InChI is InChI=1S/C20H27N5O2/c21-10-9-19(26)22-13-18-8-4-5-11-25(18)20(27)17-12-23-24(15-17)14-16-6-2-1-3-7-16/h1-3,6-7,12,15,18H,4-5,8-11,13-14,21H2,(H,22,26). The number of amides is 2. The predicted molar refractivity (Wildman–Crippen MR) is 103 cm³/mol. The number of carbonyl (C=O) groups is 2. The molecule has 27 heavy (non-hydrogen) atoms. The zero-order valence-electron chi connectivity index (χ0n) is 15.5. The van der Waals surface area contributed by atoms with Crippen molar-refractivity contribution >= 4 is 11.8 Å². The second kappa shape index (κ2) is 9.32. The lowest BCUT2D eigenvalue weighted by Crippen LogP contribution is -2.49. The Morgan fingerprint density at radius 1 is 1.22 bits per heavy atom. The number of hydrogen-bond acceptors (Lipinski definition) is 4. The van der Waals surface area contributed by atoms with Gasteiger partial charge in [-0.2, -0.15) is 5.10 Å². The summed E-state index contributed by atoms with van der Waals surface area (Å²) in [6.07, 6.45) is 6.68. The number of piperidine rings is 1. The molecule has 0 bridgehead atoms. The summed E-state index contributed by atoms with van der Waals surface area (Å²) in [5.74, 6) is -0.0850. The van der Waals surface area contributed by atoms with Crippen molar-refractivity contribution in [3.63, 3.8) is 0 Å². The van der Waals surface area contributed by atoms with E-state index in [1.54, 1.807) is 17.1 Å². The van der Waals surface area contributed by atoms with Gasteiger partial charge in [0.2, 0.25) is 5.91 Å². The third-order valence-corrected chi connectivity index (χ3v) is 4.86. The van der Waals surface area contributed by atoms with Gasteiger partial charge in [-0.25, -0.2) is 0 Å². The molecule has 1 atom stereocenters. The fourth-order valence-corrected chi connectivity index (χ4v) is 3.43. The van der Waals surface area contributed by atoms with Crippen molar-refractivity contribution < 1.29 is 9.59 Å². The molecule has 1 aliphatic heterocycles. The van der Waals surface area contributed by atoms with Gasteiger partial charge in [0, 0.05) is 38.3 Å². The average molecular weight is 369 g/mol. The highest BCUT2D eigenvalue weighted by Gasteiger charge is 2.28. The van der Waals surface area contributed by atoms with Crippen LogP contribution in [0.5, 0.6) is 0 Å². The molecule has 1 unspecified atom stereocenters. The summed E-state index contributed by atoms with van der Waals surface area (Å²) in [5.41, 5.74) is 7.14. The molecule has 0 aliphatic carbocycles. The first-order valence-electron chi connectivity index (χ1n) is 9.51. The Labute approximate surface area is 159 Å². The quantitative estimate of drug-likeness (QED) is 0.771. The van der Waals surface area contributed by atoms with Gasteiger partial charge < -0.3 is 16.0 Å². The molecule has 144 valence electrons. The number of nitrogens with one attached hydrogen (secondary N) is 1. The van der Waals surface area contributed by atoms with E-state index in [1.165, 1.54) is 0 Å². The highest BCUT2D eigenvalue weighted by molar-refractivity contribution is 5.94. The fourth-order valence-electron chi connectivity index (χ4n) is 3.43. The van der Waals surface area contributed by atoms with Crippen molar-refractivity contribution in [2.75, 3.05) is 19.6 Å². The van der Waals surface area contributed by atoms with Gasteiger partial charge in [0.25, 0.3) is 5.91 Å². The molecule has 2 aromatic rings. The summed E-state index contributed by atoms with van der Waals surface area (Å²) in [6, 6.07) is 10.0. The van der Waals surface area contributed by atoms with Crippen LogP contribution >= 0.6 is 0 Å². The van der Waals surface area contributed by atoms with Crippen LogP contribution in [0.2, 0.25) is 0 Å². The number of rotatable bonds is 7.